The largest absolute Gasteiger partial charge is 0.355 e. The van der Waals surface area contributed by atoms with Gasteiger partial charge in [-0.05, 0) is 6.92 Å². The highest BCUT2D eigenvalue weighted by atomic mass is 32.2. The van der Waals surface area contributed by atoms with E-state index < -0.39 is 0 Å². The van der Waals surface area contributed by atoms with E-state index in [0.717, 1.165) is 35.4 Å². The topological polar surface area (TPSA) is 77.1 Å². The minimum atomic E-state index is 0.754. The van der Waals surface area contributed by atoms with Crippen molar-refractivity contribution >= 4 is 17.7 Å². The molecule has 1 heterocycles. The van der Waals surface area contributed by atoms with Gasteiger partial charge in [-0.1, -0.05) is 0 Å². The van der Waals surface area contributed by atoms with Gasteiger partial charge >= 0.3 is 0 Å². The molecule has 0 aromatic carbocycles. The molecule has 0 aliphatic heterocycles. The lowest BCUT2D eigenvalue weighted by molar-refractivity contribution is 0.730. The van der Waals surface area contributed by atoms with Gasteiger partial charge < -0.3 is 10.3 Å². The Morgan fingerprint density at radius 1 is 1.59 bits per heavy atom. The van der Waals surface area contributed by atoms with Crippen molar-refractivity contribution in [3.63, 3.8) is 0 Å². The van der Waals surface area contributed by atoms with E-state index in [2.05, 4.69) is 31.1 Å². The fourth-order valence-electron chi connectivity index (χ4n) is 1.24. The molecule has 0 unspecified atom stereocenters. The van der Waals surface area contributed by atoms with Crippen molar-refractivity contribution in [2.45, 2.75) is 12.7 Å². The average Bonchev–Trinajstić information content (AvgIpc) is 2.73. The number of nitrogens with one attached hydrogen (secondary N) is 4. The van der Waals surface area contributed by atoms with Crippen molar-refractivity contribution in [1.29, 1.82) is 0 Å². The quantitative estimate of drug-likeness (QED) is 0.254. The summed E-state index contributed by atoms with van der Waals surface area (Å²) in [4.78, 5) is 11.4. The van der Waals surface area contributed by atoms with E-state index in [1.165, 1.54) is 0 Å². The second kappa shape index (κ2) is 7.97. The molecular formula is C10H20N6S. The number of aromatic nitrogens is 2. The number of hydrazine groups is 1. The predicted octanol–water partition coefficient (Wildman–Crippen LogP) is 0.251. The Bertz CT molecular complexity index is 348. The average molecular weight is 256 g/mol. The van der Waals surface area contributed by atoms with Crippen LogP contribution in [0.25, 0.3) is 0 Å². The maximum Gasteiger partial charge on any atom is 0.205 e. The number of rotatable bonds is 6. The molecule has 0 spiro atoms. The highest BCUT2D eigenvalue weighted by molar-refractivity contribution is 7.98. The molecule has 0 radical (unpaired) electrons. The van der Waals surface area contributed by atoms with E-state index >= 15 is 0 Å². The number of H-pyrrole nitrogens is 1. The molecule has 0 fully saturated rings. The zero-order valence-electron chi connectivity index (χ0n) is 10.5. The molecule has 0 saturated heterocycles. The second-order valence-electron chi connectivity index (χ2n) is 3.40. The van der Waals surface area contributed by atoms with Crippen molar-refractivity contribution in [2.75, 3.05) is 26.4 Å². The van der Waals surface area contributed by atoms with Crippen LogP contribution in [0.3, 0.4) is 0 Å². The number of guanidine groups is 1. The fourth-order valence-corrected chi connectivity index (χ4v) is 2.12. The third kappa shape index (κ3) is 5.10. The molecule has 0 aliphatic carbocycles. The smallest absolute Gasteiger partial charge is 0.205 e. The third-order valence-electron chi connectivity index (χ3n) is 2.18. The Morgan fingerprint density at radius 3 is 3.00 bits per heavy atom. The van der Waals surface area contributed by atoms with Gasteiger partial charge in [-0.3, -0.25) is 10.4 Å². The Labute approximate surface area is 106 Å². The molecule has 0 saturated carbocycles. The Hall–Kier alpha value is -1.21. The number of imidazole rings is 1. The summed E-state index contributed by atoms with van der Waals surface area (Å²) in [6, 6.07) is 0. The highest BCUT2D eigenvalue weighted by Gasteiger charge is 2.00. The standard InChI is InChI=1S/C10H20N6S/c1-8-9(15-7-14-8)6-17-5-4-13-10(11-2)16-12-3/h7,12H,4-6H2,1-3H3,(H,14,15)(H2,11,13,16). The third-order valence-corrected chi connectivity index (χ3v) is 3.15. The Kier molecular flexibility index (Phi) is 6.49. The monoisotopic (exact) mass is 256 g/mol. The van der Waals surface area contributed by atoms with E-state index in [0.29, 0.717) is 0 Å². The zero-order valence-corrected chi connectivity index (χ0v) is 11.3. The maximum atomic E-state index is 4.25. The number of aromatic amines is 1. The number of aryl methyl sites for hydroxylation is 1. The molecule has 7 heteroatoms. The number of thioether (sulfide) groups is 1. The molecule has 1 aromatic rings. The number of nitrogens with zero attached hydrogens (tertiary/aromatic N) is 2. The van der Waals surface area contributed by atoms with Crippen molar-refractivity contribution < 1.29 is 0 Å². The van der Waals surface area contributed by atoms with Crippen LogP contribution in [-0.2, 0) is 5.75 Å². The lowest BCUT2D eigenvalue weighted by Crippen LogP contribution is -2.44. The van der Waals surface area contributed by atoms with Crippen molar-refractivity contribution in [2.24, 2.45) is 4.99 Å². The Balaban J connectivity index is 2.11. The molecule has 1 rings (SSSR count). The van der Waals surface area contributed by atoms with Crippen molar-refractivity contribution in [1.82, 2.24) is 26.1 Å². The maximum absolute atomic E-state index is 4.25. The predicted molar refractivity (Wildman–Crippen MR) is 73.0 cm³/mol. The molecule has 0 aliphatic rings. The summed E-state index contributed by atoms with van der Waals surface area (Å²) < 4.78 is 0. The van der Waals surface area contributed by atoms with Gasteiger partial charge in [0, 0.05) is 37.8 Å². The van der Waals surface area contributed by atoms with Crippen LogP contribution in [0.5, 0.6) is 0 Å². The van der Waals surface area contributed by atoms with Crippen LogP contribution in [0.15, 0.2) is 11.3 Å². The van der Waals surface area contributed by atoms with E-state index in [4.69, 9.17) is 0 Å². The summed E-state index contributed by atoms with van der Waals surface area (Å²) >= 11 is 1.85. The summed E-state index contributed by atoms with van der Waals surface area (Å²) in [5, 5.41) is 3.19. The molecule has 0 amide bonds. The SMILES string of the molecule is CN=C(NCCSCc1nc[nH]c1C)NNC. The van der Waals surface area contributed by atoms with Crippen LogP contribution in [0.2, 0.25) is 0 Å². The van der Waals surface area contributed by atoms with Gasteiger partial charge in [0.15, 0.2) is 0 Å². The first-order valence-electron chi connectivity index (χ1n) is 5.48. The van der Waals surface area contributed by atoms with Crippen molar-refractivity contribution in [3.05, 3.63) is 17.7 Å². The van der Waals surface area contributed by atoms with Gasteiger partial charge in [-0.15, -0.1) is 0 Å². The van der Waals surface area contributed by atoms with Gasteiger partial charge in [-0.25, -0.2) is 10.4 Å². The van der Waals surface area contributed by atoms with Gasteiger partial charge in [0.1, 0.15) is 0 Å². The number of hydrogen-bond donors (Lipinski definition) is 4. The van der Waals surface area contributed by atoms with E-state index in [9.17, 15) is 0 Å². The number of hydrogen-bond acceptors (Lipinski definition) is 4. The van der Waals surface area contributed by atoms with E-state index in [1.54, 1.807) is 13.4 Å². The van der Waals surface area contributed by atoms with Gasteiger partial charge in [0.25, 0.3) is 0 Å². The first kappa shape index (κ1) is 13.9. The van der Waals surface area contributed by atoms with Crippen molar-refractivity contribution in [3.8, 4) is 0 Å². The molecule has 17 heavy (non-hydrogen) atoms. The Morgan fingerprint density at radius 2 is 2.41 bits per heavy atom. The van der Waals surface area contributed by atoms with Gasteiger partial charge in [0.2, 0.25) is 5.96 Å². The van der Waals surface area contributed by atoms with Crippen LogP contribution in [0, 0.1) is 6.92 Å². The summed E-state index contributed by atoms with van der Waals surface area (Å²) in [6.45, 7) is 2.91. The summed E-state index contributed by atoms with van der Waals surface area (Å²) in [5.41, 5.74) is 8.02. The first-order chi connectivity index (χ1) is 8.27. The minimum absolute atomic E-state index is 0.754. The zero-order chi connectivity index (χ0) is 12.5. The minimum Gasteiger partial charge on any atom is -0.355 e. The molecule has 4 N–H and O–H groups in total. The molecule has 0 atom stereocenters. The summed E-state index contributed by atoms with van der Waals surface area (Å²) in [7, 11) is 3.55. The van der Waals surface area contributed by atoms with Crippen LogP contribution < -0.4 is 16.2 Å². The van der Waals surface area contributed by atoms with Crippen LogP contribution >= 0.6 is 11.8 Å². The summed E-state index contributed by atoms with van der Waals surface area (Å²) in [5.74, 6) is 2.70. The molecular weight excluding hydrogens is 236 g/mol. The van der Waals surface area contributed by atoms with E-state index in [1.807, 2.05) is 25.7 Å². The molecule has 96 valence electrons. The molecule has 6 nitrogen and oxygen atoms in total. The van der Waals surface area contributed by atoms with Gasteiger partial charge in [-0.2, -0.15) is 11.8 Å². The van der Waals surface area contributed by atoms with Gasteiger partial charge in [0.05, 0.1) is 12.0 Å². The second-order valence-corrected chi connectivity index (χ2v) is 4.51. The lowest BCUT2D eigenvalue weighted by atomic mass is 10.4. The lowest BCUT2D eigenvalue weighted by Gasteiger charge is -2.09. The van der Waals surface area contributed by atoms with E-state index in [-0.39, 0.29) is 0 Å². The molecule has 0 bridgehead atoms. The normalized spacial score (nSPS) is 11.6. The summed E-state index contributed by atoms with van der Waals surface area (Å²) in [6.07, 6.45) is 1.74. The van der Waals surface area contributed by atoms with Crippen LogP contribution in [-0.4, -0.2) is 42.3 Å². The van der Waals surface area contributed by atoms with Crippen LogP contribution in [0.1, 0.15) is 11.4 Å². The molecule has 1 aromatic heterocycles. The fraction of sp³-hybridized carbons (Fsp3) is 0.600. The van der Waals surface area contributed by atoms with Crippen LogP contribution in [0.4, 0.5) is 0 Å². The number of aliphatic imine (C=N–C) groups is 1. The first-order valence-corrected chi connectivity index (χ1v) is 6.63. The highest BCUT2D eigenvalue weighted by Crippen LogP contribution is 2.11.